The van der Waals surface area contributed by atoms with E-state index in [1.807, 2.05) is 23.7 Å². The van der Waals surface area contributed by atoms with Crippen molar-refractivity contribution in [2.24, 2.45) is 0 Å². The average Bonchev–Trinajstić information content (AvgIpc) is 2.95. The number of aromatic nitrogens is 4. The van der Waals surface area contributed by atoms with Crippen LogP contribution < -0.4 is 5.32 Å². The summed E-state index contributed by atoms with van der Waals surface area (Å²) in [7, 11) is 0. The Kier molecular flexibility index (Phi) is 5.43. The Morgan fingerprint density at radius 3 is 2.86 bits per heavy atom. The fraction of sp³-hybridized carbons (Fsp3) is 0.467. The summed E-state index contributed by atoms with van der Waals surface area (Å²) in [6.45, 7) is 4.83. The molecular formula is C15H21N5O. The van der Waals surface area contributed by atoms with Crippen molar-refractivity contribution in [2.75, 3.05) is 0 Å². The molecule has 2 heterocycles. The van der Waals surface area contributed by atoms with Crippen LogP contribution in [0.25, 0.3) is 0 Å². The molecule has 0 aliphatic rings. The Hall–Kier alpha value is -2.24. The van der Waals surface area contributed by atoms with Crippen molar-refractivity contribution < 1.29 is 4.79 Å². The number of nitrogens with one attached hydrogen (secondary N) is 1. The second-order valence-electron chi connectivity index (χ2n) is 4.99. The first-order valence-electron chi connectivity index (χ1n) is 7.26. The molecule has 0 saturated heterocycles. The molecule has 0 spiro atoms. The molecule has 6 nitrogen and oxygen atoms in total. The first-order valence-corrected chi connectivity index (χ1v) is 7.26. The van der Waals surface area contributed by atoms with Crippen LogP contribution in [0.4, 0.5) is 0 Å². The van der Waals surface area contributed by atoms with Gasteiger partial charge in [0.2, 0.25) is 5.91 Å². The molecule has 1 atom stereocenters. The van der Waals surface area contributed by atoms with Gasteiger partial charge in [-0.2, -0.15) is 5.10 Å². The Labute approximate surface area is 124 Å². The van der Waals surface area contributed by atoms with Crippen molar-refractivity contribution in [3.05, 3.63) is 42.2 Å². The fourth-order valence-corrected chi connectivity index (χ4v) is 2.18. The minimum Gasteiger partial charge on any atom is -0.346 e. The van der Waals surface area contributed by atoms with E-state index in [1.165, 1.54) is 6.33 Å². The minimum absolute atomic E-state index is 0.0189. The van der Waals surface area contributed by atoms with Gasteiger partial charge >= 0.3 is 0 Å². The second kappa shape index (κ2) is 7.52. The third-order valence-corrected chi connectivity index (χ3v) is 3.24. The number of aryl methyl sites for hydroxylation is 2. The standard InChI is InChI=1S/C15H21N5O/c1-3-10-20-15(17-11-18-20)12(2)19-14(21)5-4-13-6-8-16-9-7-13/h6-9,11-12H,3-5,10H2,1-2H3,(H,19,21)/t12-/m1/s1. The number of nitrogens with zero attached hydrogens (tertiary/aromatic N) is 4. The number of hydrogen-bond donors (Lipinski definition) is 1. The molecule has 21 heavy (non-hydrogen) atoms. The minimum atomic E-state index is -0.135. The van der Waals surface area contributed by atoms with Crippen LogP contribution in [0, 0.1) is 0 Å². The van der Waals surface area contributed by atoms with E-state index in [4.69, 9.17) is 0 Å². The number of amides is 1. The van der Waals surface area contributed by atoms with E-state index < -0.39 is 0 Å². The lowest BCUT2D eigenvalue weighted by Gasteiger charge is -2.14. The van der Waals surface area contributed by atoms with Gasteiger partial charge < -0.3 is 5.32 Å². The van der Waals surface area contributed by atoms with Gasteiger partial charge in [-0.05, 0) is 37.5 Å². The number of pyridine rings is 1. The van der Waals surface area contributed by atoms with Crippen LogP contribution >= 0.6 is 0 Å². The summed E-state index contributed by atoms with van der Waals surface area (Å²) < 4.78 is 1.84. The van der Waals surface area contributed by atoms with Crippen molar-refractivity contribution in [1.29, 1.82) is 0 Å². The highest BCUT2D eigenvalue weighted by molar-refractivity contribution is 5.76. The zero-order valence-corrected chi connectivity index (χ0v) is 12.5. The second-order valence-corrected chi connectivity index (χ2v) is 4.99. The fourth-order valence-electron chi connectivity index (χ4n) is 2.18. The van der Waals surface area contributed by atoms with Gasteiger partial charge in [-0.3, -0.25) is 9.78 Å². The molecular weight excluding hydrogens is 266 g/mol. The van der Waals surface area contributed by atoms with Gasteiger partial charge in [-0.1, -0.05) is 6.92 Å². The van der Waals surface area contributed by atoms with Crippen LogP contribution in [0.1, 0.15) is 44.1 Å². The van der Waals surface area contributed by atoms with E-state index in [2.05, 4.69) is 27.3 Å². The molecule has 0 radical (unpaired) electrons. The topological polar surface area (TPSA) is 72.7 Å². The van der Waals surface area contributed by atoms with E-state index in [0.717, 1.165) is 24.4 Å². The molecule has 112 valence electrons. The van der Waals surface area contributed by atoms with Crippen LogP contribution in [-0.4, -0.2) is 25.7 Å². The Balaban J connectivity index is 1.85. The van der Waals surface area contributed by atoms with Gasteiger partial charge in [0.05, 0.1) is 6.04 Å². The lowest BCUT2D eigenvalue weighted by atomic mass is 10.1. The molecule has 6 heteroatoms. The molecule has 1 amide bonds. The van der Waals surface area contributed by atoms with Gasteiger partial charge in [-0.15, -0.1) is 0 Å². The highest BCUT2D eigenvalue weighted by Gasteiger charge is 2.15. The number of rotatable bonds is 7. The Bertz CT molecular complexity index is 566. The van der Waals surface area contributed by atoms with Gasteiger partial charge in [0.25, 0.3) is 0 Å². The summed E-state index contributed by atoms with van der Waals surface area (Å²) in [6, 6.07) is 3.72. The van der Waals surface area contributed by atoms with Gasteiger partial charge in [-0.25, -0.2) is 9.67 Å². The number of hydrogen-bond acceptors (Lipinski definition) is 4. The van der Waals surface area contributed by atoms with E-state index >= 15 is 0 Å². The summed E-state index contributed by atoms with van der Waals surface area (Å²) >= 11 is 0. The van der Waals surface area contributed by atoms with E-state index in [9.17, 15) is 4.79 Å². The summed E-state index contributed by atoms with van der Waals surface area (Å²) in [4.78, 5) is 20.2. The SMILES string of the molecule is CCCn1ncnc1[C@@H](C)NC(=O)CCc1ccncc1. The molecule has 0 saturated carbocycles. The van der Waals surface area contributed by atoms with Crippen molar-refractivity contribution in [1.82, 2.24) is 25.1 Å². The molecule has 2 rings (SSSR count). The Morgan fingerprint density at radius 2 is 2.14 bits per heavy atom. The summed E-state index contributed by atoms with van der Waals surface area (Å²) in [5.41, 5.74) is 1.11. The van der Waals surface area contributed by atoms with Crippen LogP contribution in [0.2, 0.25) is 0 Å². The molecule has 0 aliphatic carbocycles. The molecule has 1 N–H and O–H groups in total. The van der Waals surface area contributed by atoms with Crippen molar-refractivity contribution in [3.63, 3.8) is 0 Å². The van der Waals surface area contributed by atoms with Crippen LogP contribution in [0.3, 0.4) is 0 Å². The normalized spacial score (nSPS) is 12.1. The highest BCUT2D eigenvalue weighted by atomic mass is 16.1. The predicted molar refractivity (Wildman–Crippen MR) is 79.4 cm³/mol. The molecule has 2 aromatic rings. The monoisotopic (exact) mass is 287 g/mol. The van der Waals surface area contributed by atoms with Crippen molar-refractivity contribution in [3.8, 4) is 0 Å². The van der Waals surface area contributed by atoms with Crippen molar-refractivity contribution in [2.45, 2.75) is 45.7 Å². The maximum Gasteiger partial charge on any atom is 0.220 e. The Morgan fingerprint density at radius 1 is 1.38 bits per heavy atom. The van der Waals surface area contributed by atoms with Gasteiger partial charge in [0.15, 0.2) is 0 Å². The van der Waals surface area contributed by atoms with E-state index in [-0.39, 0.29) is 11.9 Å². The summed E-state index contributed by atoms with van der Waals surface area (Å²) in [6.07, 6.45) is 7.16. The zero-order valence-electron chi connectivity index (χ0n) is 12.5. The molecule has 0 bridgehead atoms. The molecule has 0 unspecified atom stereocenters. The summed E-state index contributed by atoms with van der Waals surface area (Å²) in [5.74, 6) is 0.819. The maximum absolute atomic E-state index is 12.0. The third-order valence-electron chi connectivity index (χ3n) is 3.24. The quantitative estimate of drug-likeness (QED) is 0.844. The maximum atomic E-state index is 12.0. The first kappa shape index (κ1) is 15.2. The number of carbonyl (C=O) groups excluding carboxylic acids is 1. The predicted octanol–water partition coefficient (Wildman–Crippen LogP) is 1.89. The first-order chi connectivity index (χ1) is 10.2. The zero-order chi connectivity index (χ0) is 15.1. The van der Waals surface area contributed by atoms with Crippen LogP contribution in [-0.2, 0) is 17.8 Å². The highest BCUT2D eigenvalue weighted by Crippen LogP contribution is 2.10. The van der Waals surface area contributed by atoms with Gasteiger partial charge in [0.1, 0.15) is 12.2 Å². The van der Waals surface area contributed by atoms with E-state index in [0.29, 0.717) is 12.8 Å². The molecule has 0 fully saturated rings. The third kappa shape index (κ3) is 4.37. The average molecular weight is 287 g/mol. The van der Waals surface area contributed by atoms with Gasteiger partial charge in [0, 0.05) is 25.4 Å². The summed E-state index contributed by atoms with van der Waals surface area (Å²) in [5, 5.41) is 7.15. The molecule has 0 aromatic carbocycles. The number of carbonyl (C=O) groups is 1. The smallest absolute Gasteiger partial charge is 0.220 e. The lowest BCUT2D eigenvalue weighted by molar-refractivity contribution is -0.121. The lowest BCUT2D eigenvalue weighted by Crippen LogP contribution is -2.29. The van der Waals surface area contributed by atoms with E-state index in [1.54, 1.807) is 12.4 Å². The molecule has 2 aromatic heterocycles. The van der Waals surface area contributed by atoms with Crippen LogP contribution in [0.15, 0.2) is 30.9 Å². The van der Waals surface area contributed by atoms with Crippen molar-refractivity contribution >= 4 is 5.91 Å². The molecule has 0 aliphatic heterocycles. The van der Waals surface area contributed by atoms with Crippen LogP contribution in [0.5, 0.6) is 0 Å². The largest absolute Gasteiger partial charge is 0.346 e.